The number of nitrogens with one attached hydrogen (secondary N) is 2. The molecule has 1 rings (SSSR count). The van der Waals surface area contributed by atoms with Crippen molar-refractivity contribution in [2.45, 2.75) is 65.0 Å². The summed E-state index contributed by atoms with van der Waals surface area (Å²) in [6, 6.07) is 0.861. The molecule has 1 amide bonds. The van der Waals surface area contributed by atoms with E-state index in [-0.39, 0.29) is 11.9 Å². The standard InChI is InChI=1S/C13H26N2O/c1-4-12(9-11-5-6-11)14-8-7-13(16)15-10(2)3/h10-12,14H,4-9H2,1-3H3,(H,15,16). The molecule has 0 aliphatic heterocycles. The normalized spacial score (nSPS) is 17.5. The molecule has 0 aromatic rings. The number of rotatable bonds is 8. The average Bonchev–Trinajstić information content (AvgIpc) is 2.99. The Morgan fingerprint density at radius 3 is 2.56 bits per heavy atom. The molecule has 1 aliphatic rings. The van der Waals surface area contributed by atoms with Crippen LogP contribution in [0.15, 0.2) is 0 Å². The van der Waals surface area contributed by atoms with E-state index in [1.807, 2.05) is 13.8 Å². The van der Waals surface area contributed by atoms with Gasteiger partial charge in [-0.2, -0.15) is 0 Å². The molecule has 1 fully saturated rings. The van der Waals surface area contributed by atoms with Crippen LogP contribution in [0.2, 0.25) is 0 Å². The lowest BCUT2D eigenvalue weighted by molar-refractivity contribution is -0.121. The lowest BCUT2D eigenvalue weighted by atomic mass is 10.1. The molecule has 1 unspecified atom stereocenters. The second-order valence-electron chi connectivity index (χ2n) is 5.21. The van der Waals surface area contributed by atoms with Gasteiger partial charge in [-0.1, -0.05) is 19.8 Å². The predicted octanol–water partition coefficient (Wildman–Crippen LogP) is 2.07. The number of amides is 1. The number of carbonyl (C=O) groups is 1. The van der Waals surface area contributed by atoms with E-state index < -0.39 is 0 Å². The highest BCUT2D eigenvalue weighted by atomic mass is 16.1. The smallest absolute Gasteiger partial charge is 0.221 e. The maximum atomic E-state index is 11.4. The summed E-state index contributed by atoms with van der Waals surface area (Å²) in [4.78, 5) is 11.4. The van der Waals surface area contributed by atoms with Crippen molar-refractivity contribution >= 4 is 5.91 Å². The van der Waals surface area contributed by atoms with Crippen molar-refractivity contribution in [3.8, 4) is 0 Å². The van der Waals surface area contributed by atoms with Crippen LogP contribution in [0.1, 0.15) is 52.9 Å². The summed E-state index contributed by atoms with van der Waals surface area (Å²) < 4.78 is 0. The van der Waals surface area contributed by atoms with E-state index >= 15 is 0 Å². The first-order valence-electron chi connectivity index (χ1n) is 6.64. The molecule has 3 heteroatoms. The highest BCUT2D eigenvalue weighted by molar-refractivity contribution is 5.76. The number of hydrogen-bond donors (Lipinski definition) is 2. The largest absolute Gasteiger partial charge is 0.354 e. The zero-order valence-electron chi connectivity index (χ0n) is 10.9. The van der Waals surface area contributed by atoms with E-state index in [2.05, 4.69) is 17.6 Å². The fourth-order valence-electron chi connectivity index (χ4n) is 1.93. The van der Waals surface area contributed by atoms with Crippen LogP contribution < -0.4 is 10.6 Å². The molecule has 16 heavy (non-hydrogen) atoms. The van der Waals surface area contributed by atoms with Crippen LogP contribution in [0, 0.1) is 5.92 Å². The van der Waals surface area contributed by atoms with Gasteiger partial charge in [0.2, 0.25) is 5.91 Å². The van der Waals surface area contributed by atoms with Crippen molar-refractivity contribution in [2.75, 3.05) is 6.54 Å². The molecule has 0 heterocycles. The van der Waals surface area contributed by atoms with Gasteiger partial charge in [-0.05, 0) is 32.6 Å². The van der Waals surface area contributed by atoms with Gasteiger partial charge in [0.15, 0.2) is 0 Å². The molecule has 0 aromatic heterocycles. The Labute approximate surface area is 99.4 Å². The summed E-state index contributed by atoms with van der Waals surface area (Å²) >= 11 is 0. The second-order valence-corrected chi connectivity index (χ2v) is 5.21. The molecule has 3 nitrogen and oxygen atoms in total. The van der Waals surface area contributed by atoms with Crippen molar-refractivity contribution < 1.29 is 4.79 Å². The fourth-order valence-corrected chi connectivity index (χ4v) is 1.93. The highest BCUT2D eigenvalue weighted by Gasteiger charge is 2.24. The molecule has 1 saturated carbocycles. The van der Waals surface area contributed by atoms with Gasteiger partial charge in [0.25, 0.3) is 0 Å². The van der Waals surface area contributed by atoms with Gasteiger partial charge in [0.05, 0.1) is 0 Å². The molecule has 94 valence electrons. The van der Waals surface area contributed by atoms with E-state index in [9.17, 15) is 4.79 Å². The average molecular weight is 226 g/mol. The van der Waals surface area contributed by atoms with Crippen molar-refractivity contribution in [1.82, 2.24) is 10.6 Å². The molecule has 0 aromatic carbocycles. The minimum Gasteiger partial charge on any atom is -0.354 e. The predicted molar refractivity (Wildman–Crippen MR) is 67.3 cm³/mol. The molecule has 0 saturated heterocycles. The molecule has 0 bridgehead atoms. The fraction of sp³-hybridized carbons (Fsp3) is 0.923. The van der Waals surface area contributed by atoms with Gasteiger partial charge >= 0.3 is 0 Å². The van der Waals surface area contributed by atoms with Crippen LogP contribution in [-0.2, 0) is 4.79 Å². The minimum absolute atomic E-state index is 0.156. The third kappa shape index (κ3) is 6.11. The maximum absolute atomic E-state index is 11.4. The van der Waals surface area contributed by atoms with Crippen LogP contribution >= 0.6 is 0 Å². The zero-order valence-corrected chi connectivity index (χ0v) is 10.9. The monoisotopic (exact) mass is 226 g/mol. The van der Waals surface area contributed by atoms with E-state index in [4.69, 9.17) is 0 Å². The number of hydrogen-bond acceptors (Lipinski definition) is 2. The SMILES string of the molecule is CCC(CC1CC1)NCCC(=O)NC(C)C. The van der Waals surface area contributed by atoms with Crippen LogP contribution in [0.25, 0.3) is 0 Å². The van der Waals surface area contributed by atoms with Crippen molar-refractivity contribution in [1.29, 1.82) is 0 Å². The lowest BCUT2D eigenvalue weighted by Gasteiger charge is -2.16. The van der Waals surface area contributed by atoms with Crippen molar-refractivity contribution in [3.05, 3.63) is 0 Å². The van der Waals surface area contributed by atoms with Crippen molar-refractivity contribution in [3.63, 3.8) is 0 Å². The van der Waals surface area contributed by atoms with Crippen LogP contribution in [0.5, 0.6) is 0 Å². The Kier molecular flexibility index (Phi) is 5.81. The van der Waals surface area contributed by atoms with E-state index in [0.717, 1.165) is 12.5 Å². The van der Waals surface area contributed by atoms with Gasteiger partial charge < -0.3 is 10.6 Å². The number of carbonyl (C=O) groups excluding carboxylic acids is 1. The molecule has 1 aliphatic carbocycles. The van der Waals surface area contributed by atoms with E-state index in [1.165, 1.54) is 25.7 Å². The summed E-state index contributed by atoms with van der Waals surface area (Å²) in [5, 5.41) is 6.39. The van der Waals surface area contributed by atoms with Crippen LogP contribution in [0.4, 0.5) is 0 Å². The zero-order chi connectivity index (χ0) is 12.0. The Hall–Kier alpha value is -0.570. The summed E-state index contributed by atoms with van der Waals surface area (Å²) in [6.07, 6.45) is 5.88. The first kappa shape index (κ1) is 13.5. The van der Waals surface area contributed by atoms with E-state index in [0.29, 0.717) is 12.5 Å². The quantitative estimate of drug-likeness (QED) is 0.665. The van der Waals surface area contributed by atoms with Gasteiger partial charge in [-0.15, -0.1) is 0 Å². The molecular weight excluding hydrogens is 200 g/mol. The van der Waals surface area contributed by atoms with Gasteiger partial charge in [-0.3, -0.25) is 4.79 Å². The molecule has 1 atom stereocenters. The molecule has 0 radical (unpaired) electrons. The Morgan fingerprint density at radius 2 is 2.06 bits per heavy atom. The third-order valence-electron chi connectivity index (χ3n) is 3.04. The van der Waals surface area contributed by atoms with E-state index in [1.54, 1.807) is 0 Å². The first-order valence-corrected chi connectivity index (χ1v) is 6.64. The first-order chi connectivity index (χ1) is 7.61. The minimum atomic E-state index is 0.156. The molecule has 2 N–H and O–H groups in total. The topological polar surface area (TPSA) is 41.1 Å². The summed E-state index contributed by atoms with van der Waals surface area (Å²) in [5.74, 6) is 1.12. The summed E-state index contributed by atoms with van der Waals surface area (Å²) in [6.45, 7) is 7.01. The Bertz CT molecular complexity index is 212. The second kappa shape index (κ2) is 6.89. The van der Waals surface area contributed by atoms with Crippen LogP contribution in [0.3, 0.4) is 0 Å². The van der Waals surface area contributed by atoms with Crippen molar-refractivity contribution in [2.24, 2.45) is 5.92 Å². The van der Waals surface area contributed by atoms with Gasteiger partial charge in [0, 0.05) is 25.0 Å². The summed E-state index contributed by atoms with van der Waals surface area (Å²) in [7, 11) is 0. The summed E-state index contributed by atoms with van der Waals surface area (Å²) in [5.41, 5.74) is 0. The third-order valence-corrected chi connectivity index (χ3v) is 3.04. The van der Waals surface area contributed by atoms with Crippen LogP contribution in [-0.4, -0.2) is 24.5 Å². The van der Waals surface area contributed by atoms with Gasteiger partial charge in [0.1, 0.15) is 0 Å². The highest BCUT2D eigenvalue weighted by Crippen LogP contribution is 2.33. The Balaban J connectivity index is 2.05. The lowest BCUT2D eigenvalue weighted by Crippen LogP contribution is -2.35. The maximum Gasteiger partial charge on any atom is 0.221 e. The molecular formula is C13H26N2O. The van der Waals surface area contributed by atoms with Gasteiger partial charge in [-0.25, -0.2) is 0 Å². The molecule has 0 spiro atoms. The Morgan fingerprint density at radius 1 is 1.38 bits per heavy atom.